The minimum absolute atomic E-state index is 0.163. The number of anilines is 2. The van der Waals surface area contributed by atoms with Gasteiger partial charge in [0.15, 0.2) is 0 Å². The van der Waals surface area contributed by atoms with Crippen LogP contribution in [0.4, 0.5) is 21.0 Å². The van der Waals surface area contributed by atoms with E-state index in [9.17, 15) is 9.59 Å². The van der Waals surface area contributed by atoms with Crippen molar-refractivity contribution in [2.45, 2.75) is 58.3 Å². The zero-order chi connectivity index (χ0) is 21.4. The number of urea groups is 2. The number of amides is 4. The maximum Gasteiger partial charge on any atom is 0.319 e. The van der Waals surface area contributed by atoms with E-state index < -0.39 is 0 Å². The first-order valence-corrected chi connectivity index (χ1v) is 12.2. The van der Waals surface area contributed by atoms with Crippen LogP contribution in [0.1, 0.15) is 56.9 Å². The zero-order valence-electron chi connectivity index (χ0n) is 18.6. The van der Waals surface area contributed by atoms with Crippen molar-refractivity contribution in [3.8, 4) is 0 Å². The van der Waals surface area contributed by atoms with E-state index in [0.29, 0.717) is 17.5 Å². The molecule has 0 saturated heterocycles. The largest absolute Gasteiger partial charge is 0.338 e. The Balaban J connectivity index is 1.09. The van der Waals surface area contributed by atoms with Gasteiger partial charge in [0, 0.05) is 24.5 Å². The van der Waals surface area contributed by atoms with Gasteiger partial charge in [-0.2, -0.15) is 0 Å². The average molecular weight is 425 g/mol. The van der Waals surface area contributed by atoms with Gasteiger partial charge < -0.3 is 21.3 Å². The molecule has 6 nitrogen and oxygen atoms in total. The molecule has 4 aliphatic rings. The average Bonchev–Trinajstić information content (AvgIpc) is 3.55. The molecule has 4 aliphatic carbocycles. The van der Waals surface area contributed by atoms with Crippen molar-refractivity contribution in [1.29, 1.82) is 0 Å². The number of aryl methyl sites for hydroxylation is 1. The highest BCUT2D eigenvalue weighted by Gasteiger charge is 2.40. The molecule has 4 amide bonds. The number of hydrogen-bond donors (Lipinski definition) is 4. The van der Waals surface area contributed by atoms with Gasteiger partial charge in [-0.25, -0.2) is 9.59 Å². The molecular formula is C25H36N4O2. The molecule has 1 aromatic carbocycles. The molecule has 5 rings (SSSR count). The van der Waals surface area contributed by atoms with Gasteiger partial charge in [0.05, 0.1) is 0 Å². The summed E-state index contributed by atoms with van der Waals surface area (Å²) >= 11 is 0. The van der Waals surface area contributed by atoms with E-state index >= 15 is 0 Å². The summed E-state index contributed by atoms with van der Waals surface area (Å²) in [7, 11) is 0. The number of nitrogens with one attached hydrogen (secondary N) is 4. The summed E-state index contributed by atoms with van der Waals surface area (Å²) < 4.78 is 0. The molecule has 0 radical (unpaired) electrons. The fourth-order valence-electron chi connectivity index (χ4n) is 6.88. The van der Waals surface area contributed by atoms with Gasteiger partial charge in [-0.05, 0) is 98.7 Å². The quantitative estimate of drug-likeness (QED) is 0.512. The highest BCUT2D eigenvalue weighted by atomic mass is 16.2. The summed E-state index contributed by atoms with van der Waals surface area (Å²) in [5.41, 5.74) is 2.40. The third-order valence-electron chi connectivity index (χ3n) is 8.56. The van der Waals surface area contributed by atoms with Crippen molar-refractivity contribution in [1.82, 2.24) is 10.6 Å². The summed E-state index contributed by atoms with van der Waals surface area (Å²) in [6.45, 7) is 3.48. The number of rotatable bonds is 6. The summed E-state index contributed by atoms with van der Waals surface area (Å²) in [5.74, 6) is 4.66. The molecule has 1 aromatic rings. The van der Waals surface area contributed by atoms with E-state index in [1.807, 2.05) is 25.1 Å². The third kappa shape index (κ3) is 4.68. The molecule has 6 atom stereocenters. The molecule has 0 spiro atoms. The fraction of sp³-hybridized carbons (Fsp3) is 0.680. The Hall–Kier alpha value is -2.24. The second-order valence-electron chi connectivity index (χ2n) is 10.6. The minimum atomic E-state index is -0.168. The van der Waals surface area contributed by atoms with E-state index in [4.69, 9.17) is 0 Å². The van der Waals surface area contributed by atoms with Crippen molar-refractivity contribution >= 4 is 23.4 Å². The Bertz CT molecular complexity index is 841. The lowest BCUT2D eigenvalue weighted by atomic mass is 9.89. The maximum atomic E-state index is 12.5. The topological polar surface area (TPSA) is 82.3 Å². The molecule has 0 unspecified atom stereocenters. The zero-order valence-corrected chi connectivity index (χ0v) is 18.6. The van der Waals surface area contributed by atoms with E-state index in [2.05, 4.69) is 21.3 Å². The molecule has 0 heterocycles. The molecule has 4 saturated carbocycles. The molecule has 0 aliphatic heterocycles. The van der Waals surface area contributed by atoms with Gasteiger partial charge in [0.1, 0.15) is 0 Å². The van der Waals surface area contributed by atoms with E-state index in [0.717, 1.165) is 48.0 Å². The summed E-state index contributed by atoms with van der Waals surface area (Å²) in [5, 5.41) is 12.0. The molecule has 4 N–H and O–H groups in total. The summed E-state index contributed by atoms with van der Waals surface area (Å²) in [4.78, 5) is 24.8. The van der Waals surface area contributed by atoms with Crippen LogP contribution in [0.15, 0.2) is 18.2 Å². The van der Waals surface area contributed by atoms with Crippen LogP contribution in [-0.4, -0.2) is 25.2 Å². The lowest BCUT2D eigenvalue weighted by molar-refractivity contribution is 0.245. The van der Waals surface area contributed by atoms with Crippen LogP contribution in [0.3, 0.4) is 0 Å². The van der Waals surface area contributed by atoms with Crippen LogP contribution in [0, 0.1) is 42.4 Å². The third-order valence-corrected chi connectivity index (χ3v) is 8.56. The minimum Gasteiger partial charge on any atom is -0.338 e. The maximum absolute atomic E-state index is 12.5. The predicted molar refractivity (Wildman–Crippen MR) is 123 cm³/mol. The molecule has 31 heavy (non-hydrogen) atoms. The second kappa shape index (κ2) is 8.71. The van der Waals surface area contributed by atoms with Crippen LogP contribution < -0.4 is 21.3 Å². The Morgan fingerprint density at radius 3 is 1.90 bits per heavy atom. The van der Waals surface area contributed by atoms with Gasteiger partial charge in [-0.3, -0.25) is 0 Å². The number of hydrogen-bond acceptors (Lipinski definition) is 2. The lowest BCUT2D eigenvalue weighted by Crippen LogP contribution is -2.35. The highest BCUT2D eigenvalue weighted by molar-refractivity contribution is 5.93. The highest BCUT2D eigenvalue weighted by Crippen LogP contribution is 2.48. The number of fused-ring (bicyclic) bond motifs is 4. The number of benzene rings is 1. The standard InChI is InChI=1S/C25H36N4O2/c1-15-2-7-22(28-24(30)26-13-20-10-16-3-5-18(20)8-16)12-23(15)29-25(31)27-14-21-11-17-4-6-19(21)9-17/h2,7,12,16-21H,3-6,8-11,13-14H2,1H3,(H2,26,28,30)(H2,27,29,31)/t16-,17-,18-,19-,20-,21-/m0/s1. The monoisotopic (exact) mass is 424 g/mol. The van der Waals surface area contributed by atoms with E-state index in [-0.39, 0.29) is 12.1 Å². The molecule has 0 aromatic heterocycles. The molecule has 4 fully saturated rings. The summed E-state index contributed by atoms with van der Waals surface area (Å²) in [6.07, 6.45) is 10.6. The Morgan fingerprint density at radius 2 is 1.39 bits per heavy atom. The SMILES string of the molecule is Cc1ccc(NC(=O)NC[C@@H]2C[C@H]3CC[C@H]2C3)cc1NC(=O)NC[C@@H]1C[C@H]2CC[C@H]1C2. The van der Waals surface area contributed by atoms with E-state index in [1.165, 1.54) is 51.4 Å². The molecule has 4 bridgehead atoms. The van der Waals surface area contributed by atoms with Gasteiger partial charge in [-0.15, -0.1) is 0 Å². The Kier molecular flexibility index (Phi) is 5.81. The molecule has 168 valence electrons. The number of carbonyl (C=O) groups is 2. The van der Waals surface area contributed by atoms with Gasteiger partial charge in [0.25, 0.3) is 0 Å². The van der Waals surface area contributed by atoms with Crippen molar-refractivity contribution in [3.63, 3.8) is 0 Å². The van der Waals surface area contributed by atoms with Crippen molar-refractivity contribution in [3.05, 3.63) is 23.8 Å². The van der Waals surface area contributed by atoms with E-state index in [1.54, 1.807) is 0 Å². The normalized spacial score (nSPS) is 32.8. The smallest absolute Gasteiger partial charge is 0.319 e. The molecule has 6 heteroatoms. The first-order valence-electron chi connectivity index (χ1n) is 12.2. The Labute approximate surface area is 185 Å². The van der Waals surface area contributed by atoms with Gasteiger partial charge >= 0.3 is 12.1 Å². The van der Waals surface area contributed by atoms with Crippen molar-refractivity contribution in [2.24, 2.45) is 35.5 Å². The van der Waals surface area contributed by atoms with Crippen LogP contribution in [0.2, 0.25) is 0 Å². The first-order chi connectivity index (χ1) is 15.0. The lowest BCUT2D eigenvalue weighted by Gasteiger charge is -2.22. The number of carbonyl (C=O) groups excluding carboxylic acids is 2. The fourth-order valence-corrected chi connectivity index (χ4v) is 6.88. The van der Waals surface area contributed by atoms with Crippen molar-refractivity contribution < 1.29 is 9.59 Å². The van der Waals surface area contributed by atoms with Gasteiger partial charge in [-0.1, -0.05) is 18.9 Å². The first kappa shape index (κ1) is 20.7. The van der Waals surface area contributed by atoms with Crippen LogP contribution in [0.25, 0.3) is 0 Å². The van der Waals surface area contributed by atoms with Gasteiger partial charge in [0.2, 0.25) is 0 Å². The van der Waals surface area contributed by atoms with Crippen molar-refractivity contribution in [2.75, 3.05) is 23.7 Å². The summed E-state index contributed by atoms with van der Waals surface area (Å²) in [6, 6.07) is 5.31. The van der Waals surface area contributed by atoms with Crippen LogP contribution >= 0.6 is 0 Å². The Morgan fingerprint density at radius 1 is 0.806 bits per heavy atom. The van der Waals surface area contributed by atoms with Crippen LogP contribution in [-0.2, 0) is 0 Å². The predicted octanol–water partition coefficient (Wildman–Crippen LogP) is 5.11. The van der Waals surface area contributed by atoms with Crippen LogP contribution in [0.5, 0.6) is 0 Å². The second-order valence-corrected chi connectivity index (χ2v) is 10.6. The molecular weight excluding hydrogens is 388 g/mol.